The van der Waals surface area contributed by atoms with Gasteiger partial charge in [-0.3, -0.25) is 19.1 Å². The molecule has 3 aromatic rings. The topological polar surface area (TPSA) is 101 Å². The summed E-state index contributed by atoms with van der Waals surface area (Å²) in [4.78, 5) is 44.0. The molecule has 1 atom stereocenters. The van der Waals surface area contributed by atoms with Gasteiger partial charge < -0.3 is 9.32 Å². The number of halogens is 1. The van der Waals surface area contributed by atoms with Gasteiger partial charge in [0.1, 0.15) is 18.3 Å². The number of nitrogens with one attached hydrogen (secondary N) is 1. The third kappa shape index (κ3) is 4.32. The molecule has 0 radical (unpaired) electrons. The predicted octanol–water partition coefficient (Wildman–Crippen LogP) is 2.13. The van der Waals surface area contributed by atoms with Crippen LogP contribution in [0.4, 0.5) is 0 Å². The Morgan fingerprint density at radius 3 is 2.79 bits per heavy atom. The summed E-state index contributed by atoms with van der Waals surface area (Å²) in [6, 6.07) is 8.46. The van der Waals surface area contributed by atoms with Gasteiger partial charge in [0.15, 0.2) is 0 Å². The highest BCUT2D eigenvalue weighted by molar-refractivity contribution is 6.30. The molecule has 1 amide bonds. The van der Waals surface area contributed by atoms with Crippen LogP contribution in [0.5, 0.6) is 0 Å². The van der Waals surface area contributed by atoms with E-state index in [0.29, 0.717) is 29.6 Å². The minimum atomic E-state index is -0.608. The molecule has 1 saturated heterocycles. The van der Waals surface area contributed by atoms with E-state index >= 15 is 0 Å². The van der Waals surface area contributed by atoms with Gasteiger partial charge in [-0.2, -0.15) is 0 Å². The summed E-state index contributed by atoms with van der Waals surface area (Å²) in [7, 11) is 0. The summed E-state index contributed by atoms with van der Waals surface area (Å²) in [6.07, 6.45) is 5.15. The third-order valence-corrected chi connectivity index (χ3v) is 5.18. The summed E-state index contributed by atoms with van der Waals surface area (Å²) in [6.45, 7) is 0.418. The average Bonchev–Trinajstić information content (AvgIpc) is 3.35. The number of aromatic amines is 1. The average molecular weight is 415 g/mol. The molecule has 3 heterocycles. The summed E-state index contributed by atoms with van der Waals surface area (Å²) < 4.78 is 7.10. The van der Waals surface area contributed by atoms with Crippen molar-refractivity contribution in [2.24, 2.45) is 0 Å². The summed E-state index contributed by atoms with van der Waals surface area (Å²) in [5.74, 6) is 0.978. The quantitative estimate of drug-likeness (QED) is 0.689. The lowest BCUT2D eigenvalue weighted by Gasteiger charge is -2.22. The number of likely N-dealkylation sites (tertiary alicyclic amines) is 1. The fourth-order valence-corrected chi connectivity index (χ4v) is 3.62. The molecule has 1 fully saturated rings. The largest absolute Gasteiger partial charge is 0.443 e. The Hall–Kier alpha value is -3.13. The van der Waals surface area contributed by atoms with Gasteiger partial charge in [0, 0.05) is 30.3 Å². The molecule has 0 saturated carbocycles. The minimum absolute atomic E-state index is 0.148. The number of carbonyl (C=O) groups is 1. The molecule has 1 aromatic carbocycles. The number of carbonyl (C=O) groups excluding carboxylic acids is 1. The zero-order valence-corrected chi connectivity index (χ0v) is 16.3. The zero-order chi connectivity index (χ0) is 20.4. The molecule has 29 heavy (non-hydrogen) atoms. The molecule has 0 bridgehead atoms. The van der Waals surface area contributed by atoms with Gasteiger partial charge in [-0.25, -0.2) is 9.78 Å². The number of H-pyrrole nitrogens is 1. The predicted molar refractivity (Wildman–Crippen MR) is 106 cm³/mol. The van der Waals surface area contributed by atoms with Crippen molar-refractivity contribution in [2.75, 3.05) is 6.54 Å². The molecule has 8 nitrogen and oxygen atoms in total. The smallest absolute Gasteiger partial charge is 0.328 e. The first kappa shape index (κ1) is 19.2. The van der Waals surface area contributed by atoms with Crippen LogP contribution in [0, 0.1) is 0 Å². The van der Waals surface area contributed by atoms with Crippen molar-refractivity contribution < 1.29 is 9.21 Å². The van der Waals surface area contributed by atoms with Crippen molar-refractivity contribution >= 4 is 17.5 Å². The van der Waals surface area contributed by atoms with E-state index in [1.165, 1.54) is 16.8 Å². The van der Waals surface area contributed by atoms with E-state index in [4.69, 9.17) is 16.0 Å². The molecule has 4 rings (SSSR count). The third-order valence-electron chi connectivity index (χ3n) is 4.92. The van der Waals surface area contributed by atoms with E-state index in [0.717, 1.165) is 18.4 Å². The first-order valence-electron chi connectivity index (χ1n) is 9.28. The highest BCUT2D eigenvalue weighted by Crippen LogP contribution is 2.32. The molecule has 0 spiro atoms. The first-order valence-corrected chi connectivity index (χ1v) is 9.66. The Balaban J connectivity index is 1.47. The van der Waals surface area contributed by atoms with Crippen LogP contribution in [0.25, 0.3) is 0 Å². The number of rotatable bonds is 5. The lowest BCUT2D eigenvalue weighted by atomic mass is 10.1. The Kier molecular flexibility index (Phi) is 5.35. The van der Waals surface area contributed by atoms with Crippen LogP contribution in [0.2, 0.25) is 5.02 Å². The van der Waals surface area contributed by atoms with Crippen LogP contribution in [-0.2, 0) is 17.8 Å². The molecular weight excluding hydrogens is 396 g/mol. The van der Waals surface area contributed by atoms with Gasteiger partial charge in [0.05, 0.1) is 6.20 Å². The van der Waals surface area contributed by atoms with Crippen molar-refractivity contribution in [3.05, 3.63) is 85.8 Å². The summed E-state index contributed by atoms with van der Waals surface area (Å²) in [5.41, 5.74) is -0.0531. The second kappa shape index (κ2) is 8.08. The normalized spacial score (nSPS) is 16.3. The molecule has 0 unspecified atom stereocenters. The Morgan fingerprint density at radius 2 is 2.03 bits per heavy atom. The molecule has 1 N–H and O–H groups in total. The maximum absolute atomic E-state index is 12.8. The van der Waals surface area contributed by atoms with Gasteiger partial charge in [0.2, 0.25) is 11.8 Å². The van der Waals surface area contributed by atoms with E-state index in [9.17, 15) is 14.4 Å². The second-order valence-corrected chi connectivity index (χ2v) is 7.39. The summed E-state index contributed by atoms with van der Waals surface area (Å²) in [5, 5.41) is 0.675. The van der Waals surface area contributed by atoms with Gasteiger partial charge >= 0.3 is 5.69 Å². The van der Waals surface area contributed by atoms with Crippen LogP contribution in [-0.4, -0.2) is 31.9 Å². The van der Waals surface area contributed by atoms with E-state index in [1.54, 1.807) is 11.1 Å². The molecule has 150 valence electrons. The van der Waals surface area contributed by atoms with E-state index in [-0.39, 0.29) is 18.5 Å². The van der Waals surface area contributed by atoms with E-state index in [1.807, 2.05) is 24.3 Å². The molecule has 2 aromatic heterocycles. The number of benzene rings is 1. The standard InChI is InChI=1S/C20H19ClN4O4/c21-14-5-3-13(4-6-14)10-15-11-22-19(29-15)16-2-1-8-25(16)18(27)12-24-9-7-17(26)23-20(24)28/h3-7,9,11,16H,1-2,8,10,12H2,(H,23,26,28)/t16-/m0/s1. The van der Waals surface area contributed by atoms with Gasteiger partial charge in [0.25, 0.3) is 5.56 Å². The summed E-state index contributed by atoms with van der Waals surface area (Å²) >= 11 is 5.91. The molecule has 1 aliphatic heterocycles. The lowest BCUT2D eigenvalue weighted by Crippen LogP contribution is -2.38. The number of aromatic nitrogens is 3. The minimum Gasteiger partial charge on any atom is -0.443 e. The molecule has 0 aliphatic carbocycles. The molecule has 1 aliphatic rings. The van der Waals surface area contributed by atoms with Gasteiger partial charge in [-0.05, 0) is 30.5 Å². The van der Waals surface area contributed by atoms with Crippen molar-refractivity contribution in [1.82, 2.24) is 19.4 Å². The van der Waals surface area contributed by atoms with Crippen LogP contribution in [0.15, 0.2) is 56.7 Å². The van der Waals surface area contributed by atoms with Crippen molar-refractivity contribution in [1.29, 1.82) is 0 Å². The zero-order valence-electron chi connectivity index (χ0n) is 15.5. The maximum atomic E-state index is 12.8. The number of amides is 1. The fraction of sp³-hybridized carbons (Fsp3) is 0.300. The highest BCUT2D eigenvalue weighted by atomic mass is 35.5. The fourth-order valence-electron chi connectivity index (χ4n) is 3.49. The Labute approximate surface area is 170 Å². The van der Waals surface area contributed by atoms with Crippen molar-refractivity contribution in [3.8, 4) is 0 Å². The van der Waals surface area contributed by atoms with Crippen molar-refractivity contribution in [3.63, 3.8) is 0 Å². The van der Waals surface area contributed by atoms with Gasteiger partial charge in [-0.1, -0.05) is 23.7 Å². The van der Waals surface area contributed by atoms with Crippen molar-refractivity contribution in [2.45, 2.75) is 31.8 Å². The molecule has 9 heteroatoms. The maximum Gasteiger partial charge on any atom is 0.328 e. The Morgan fingerprint density at radius 1 is 1.24 bits per heavy atom. The number of nitrogens with zero attached hydrogens (tertiary/aromatic N) is 3. The van der Waals surface area contributed by atoms with Crippen LogP contribution < -0.4 is 11.2 Å². The SMILES string of the molecule is O=C(Cn1ccc(=O)[nH]c1=O)N1CCC[C@H]1c1ncc(Cc2ccc(Cl)cc2)o1. The van der Waals surface area contributed by atoms with Crippen LogP contribution in [0.1, 0.15) is 36.1 Å². The van der Waals surface area contributed by atoms with Gasteiger partial charge in [-0.15, -0.1) is 0 Å². The Bertz CT molecular complexity index is 1130. The second-order valence-electron chi connectivity index (χ2n) is 6.95. The molecular formula is C20H19ClN4O4. The van der Waals surface area contributed by atoms with E-state index < -0.39 is 11.2 Å². The number of hydrogen-bond acceptors (Lipinski definition) is 5. The van der Waals surface area contributed by atoms with Crippen LogP contribution in [0.3, 0.4) is 0 Å². The lowest BCUT2D eigenvalue weighted by molar-refractivity contribution is -0.133. The number of hydrogen-bond donors (Lipinski definition) is 1. The van der Waals surface area contributed by atoms with Crippen LogP contribution >= 0.6 is 11.6 Å². The number of oxazole rings is 1. The van der Waals surface area contributed by atoms with E-state index in [2.05, 4.69) is 9.97 Å². The highest BCUT2D eigenvalue weighted by Gasteiger charge is 2.33. The first-order chi connectivity index (χ1) is 14.0. The monoisotopic (exact) mass is 414 g/mol.